The normalized spacial score (nSPS) is 11.1. The molecule has 0 radical (unpaired) electrons. The number of carbonyl (C=O) groups excluding carboxylic acids is 1. The molecule has 0 unspecified atom stereocenters. The number of aromatic hydroxyl groups is 1. The summed E-state index contributed by atoms with van der Waals surface area (Å²) in [6.45, 7) is 4.32. The number of ether oxygens (including phenoxy) is 1. The van der Waals surface area contributed by atoms with Gasteiger partial charge in [0.15, 0.2) is 5.76 Å². The molecule has 0 atom stereocenters. The lowest BCUT2D eigenvalue weighted by Gasteiger charge is -2.12. The van der Waals surface area contributed by atoms with Crippen molar-refractivity contribution in [2.75, 3.05) is 19.0 Å². The van der Waals surface area contributed by atoms with Crippen molar-refractivity contribution in [1.82, 2.24) is 9.99 Å². The maximum absolute atomic E-state index is 12.3. The lowest BCUT2D eigenvalue weighted by Crippen LogP contribution is -2.16. The summed E-state index contributed by atoms with van der Waals surface area (Å²) in [5, 5.41) is 14.0. The van der Waals surface area contributed by atoms with Crippen LogP contribution in [0.25, 0.3) is 5.69 Å². The first-order chi connectivity index (χ1) is 16.8. The number of phenols is 1. The van der Waals surface area contributed by atoms with Crippen LogP contribution in [0.2, 0.25) is 0 Å². The minimum Gasteiger partial charge on any atom is -0.507 e. The minimum atomic E-state index is -0.501. The fraction of sp³-hybridized carbons (Fsp3) is 0.185. The molecule has 1 amide bonds. The van der Waals surface area contributed by atoms with Gasteiger partial charge in [0.05, 0.1) is 6.21 Å². The summed E-state index contributed by atoms with van der Waals surface area (Å²) in [6, 6.07) is 20.4. The van der Waals surface area contributed by atoms with E-state index in [4.69, 9.17) is 9.15 Å². The molecule has 8 heteroatoms. The number of hydrazone groups is 1. The van der Waals surface area contributed by atoms with E-state index in [2.05, 4.69) is 41.1 Å². The Bertz CT molecular complexity index is 1330. The molecule has 2 N–H and O–H groups in total. The highest BCUT2D eigenvalue weighted by molar-refractivity contribution is 5.92. The Labute approximate surface area is 204 Å². The number of hydrogen-bond donors (Lipinski definition) is 2. The number of nitrogens with zero attached hydrogens (tertiary/aromatic N) is 3. The molecule has 0 fully saturated rings. The molecule has 0 saturated heterocycles. The Morgan fingerprint density at radius 1 is 1.06 bits per heavy atom. The van der Waals surface area contributed by atoms with Crippen LogP contribution in [0, 0.1) is 13.8 Å². The van der Waals surface area contributed by atoms with E-state index in [0.717, 1.165) is 11.4 Å². The van der Waals surface area contributed by atoms with Crippen LogP contribution >= 0.6 is 0 Å². The first kappa shape index (κ1) is 23.7. The monoisotopic (exact) mass is 472 g/mol. The molecule has 2 aromatic heterocycles. The van der Waals surface area contributed by atoms with Crippen LogP contribution in [0.15, 0.2) is 76.2 Å². The Balaban J connectivity index is 1.31. The van der Waals surface area contributed by atoms with Gasteiger partial charge in [0.2, 0.25) is 0 Å². The summed E-state index contributed by atoms with van der Waals surface area (Å²) in [5.74, 6) is 0.888. The van der Waals surface area contributed by atoms with Gasteiger partial charge in [-0.05, 0) is 74.5 Å². The molecule has 0 saturated carbocycles. The molecule has 0 aliphatic rings. The van der Waals surface area contributed by atoms with E-state index >= 15 is 0 Å². The molecule has 0 bridgehead atoms. The van der Waals surface area contributed by atoms with Gasteiger partial charge in [-0.25, -0.2) is 5.43 Å². The van der Waals surface area contributed by atoms with Gasteiger partial charge in [0.25, 0.3) is 0 Å². The Kier molecular flexibility index (Phi) is 6.91. The van der Waals surface area contributed by atoms with Crippen LogP contribution < -0.4 is 15.1 Å². The van der Waals surface area contributed by atoms with Crippen LogP contribution in [0.4, 0.5) is 5.69 Å². The Morgan fingerprint density at radius 2 is 1.77 bits per heavy atom. The van der Waals surface area contributed by atoms with E-state index in [9.17, 15) is 9.90 Å². The summed E-state index contributed by atoms with van der Waals surface area (Å²) in [6.07, 6.45) is 1.38. The second-order valence-electron chi connectivity index (χ2n) is 8.34. The molecule has 2 aromatic carbocycles. The quantitative estimate of drug-likeness (QED) is 0.284. The second-order valence-corrected chi connectivity index (χ2v) is 8.34. The van der Waals surface area contributed by atoms with Gasteiger partial charge in [-0.15, -0.1) is 0 Å². The maximum atomic E-state index is 12.3. The summed E-state index contributed by atoms with van der Waals surface area (Å²) in [7, 11) is 3.77. The third kappa shape index (κ3) is 5.55. The Hall–Kier alpha value is -4.46. The Morgan fingerprint density at radius 3 is 2.43 bits per heavy atom. The third-order valence-corrected chi connectivity index (χ3v) is 5.53. The number of amides is 1. The zero-order chi connectivity index (χ0) is 24.9. The minimum absolute atomic E-state index is 0.0679. The number of aryl methyl sites for hydroxylation is 2. The lowest BCUT2D eigenvalue weighted by atomic mass is 10.2. The smallest absolute Gasteiger partial charge is 0.307 e. The van der Waals surface area contributed by atoms with Crippen molar-refractivity contribution in [2.24, 2.45) is 5.10 Å². The molecule has 4 rings (SSSR count). The van der Waals surface area contributed by atoms with Crippen LogP contribution in [0.3, 0.4) is 0 Å². The van der Waals surface area contributed by atoms with E-state index in [1.807, 2.05) is 49.3 Å². The van der Waals surface area contributed by atoms with Crippen molar-refractivity contribution >= 4 is 17.8 Å². The molecule has 8 nitrogen and oxygen atoms in total. The van der Waals surface area contributed by atoms with E-state index in [-0.39, 0.29) is 18.1 Å². The summed E-state index contributed by atoms with van der Waals surface area (Å²) in [4.78, 5) is 14.2. The van der Waals surface area contributed by atoms with Gasteiger partial charge < -0.3 is 23.7 Å². The highest BCUT2D eigenvalue weighted by Crippen LogP contribution is 2.23. The number of carbonyl (C=O) groups is 1. The van der Waals surface area contributed by atoms with E-state index in [1.54, 1.807) is 24.3 Å². The second kappa shape index (κ2) is 10.2. The third-order valence-electron chi connectivity index (χ3n) is 5.53. The number of anilines is 1. The van der Waals surface area contributed by atoms with Crippen molar-refractivity contribution in [3.8, 4) is 17.2 Å². The lowest BCUT2D eigenvalue weighted by molar-refractivity contribution is 0.0923. The van der Waals surface area contributed by atoms with E-state index in [0.29, 0.717) is 17.1 Å². The van der Waals surface area contributed by atoms with Crippen molar-refractivity contribution in [3.63, 3.8) is 0 Å². The standard InChI is InChI=1S/C27H28N4O4/c1-18-5-6-19(2)31(18)21-9-11-23(12-10-21)34-17-24-13-14-26(35-24)27(33)29-28-16-20-7-8-22(30(3)4)15-25(20)32/h5-16,32H,17H2,1-4H3,(H,29,33). The van der Waals surface area contributed by atoms with Crippen LogP contribution in [-0.2, 0) is 6.61 Å². The molecule has 35 heavy (non-hydrogen) atoms. The first-order valence-electron chi connectivity index (χ1n) is 11.1. The fourth-order valence-corrected chi connectivity index (χ4v) is 3.63. The molecule has 4 aromatic rings. The summed E-state index contributed by atoms with van der Waals surface area (Å²) < 4.78 is 13.6. The molecule has 0 aliphatic heterocycles. The van der Waals surface area contributed by atoms with Crippen LogP contribution in [0.1, 0.15) is 33.3 Å². The average Bonchev–Trinajstić information content (AvgIpc) is 3.45. The number of nitrogens with one attached hydrogen (secondary N) is 1. The zero-order valence-electron chi connectivity index (χ0n) is 20.1. The fourth-order valence-electron chi connectivity index (χ4n) is 3.63. The summed E-state index contributed by atoms with van der Waals surface area (Å²) in [5.41, 5.74) is 7.14. The highest BCUT2D eigenvalue weighted by Gasteiger charge is 2.11. The van der Waals surface area contributed by atoms with Gasteiger partial charge >= 0.3 is 5.91 Å². The molecular formula is C27H28N4O4. The zero-order valence-corrected chi connectivity index (χ0v) is 20.1. The maximum Gasteiger partial charge on any atom is 0.307 e. The molecule has 0 spiro atoms. The molecule has 180 valence electrons. The van der Waals surface area contributed by atoms with Crippen molar-refractivity contribution < 1.29 is 19.1 Å². The van der Waals surface area contributed by atoms with Gasteiger partial charge in [-0.1, -0.05) is 0 Å². The van der Waals surface area contributed by atoms with Crippen molar-refractivity contribution in [1.29, 1.82) is 0 Å². The molecular weight excluding hydrogens is 444 g/mol. The summed E-state index contributed by atoms with van der Waals surface area (Å²) >= 11 is 0. The van der Waals surface area contributed by atoms with Crippen molar-refractivity contribution in [2.45, 2.75) is 20.5 Å². The topological polar surface area (TPSA) is 92.2 Å². The molecule has 2 heterocycles. The van der Waals surface area contributed by atoms with Gasteiger partial charge in [0, 0.05) is 48.5 Å². The van der Waals surface area contributed by atoms with Crippen LogP contribution in [0.5, 0.6) is 11.5 Å². The highest BCUT2D eigenvalue weighted by atomic mass is 16.5. The number of hydrogen-bond acceptors (Lipinski definition) is 6. The largest absolute Gasteiger partial charge is 0.507 e. The predicted molar refractivity (Wildman–Crippen MR) is 136 cm³/mol. The van der Waals surface area contributed by atoms with Crippen molar-refractivity contribution in [3.05, 3.63) is 95.2 Å². The van der Waals surface area contributed by atoms with Crippen LogP contribution in [-0.4, -0.2) is 35.9 Å². The number of phenolic OH excluding ortho intramolecular Hbond substituents is 1. The number of furan rings is 1. The number of aromatic nitrogens is 1. The predicted octanol–water partition coefficient (Wildman–Crippen LogP) is 4.80. The van der Waals surface area contributed by atoms with Gasteiger partial charge in [0.1, 0.15) is 23.9 Å². The number of rotatable bonds is 8. The van der Waals surface area contributed by atoms with E-state index < -0.39 is 5.91 Å². The van der Waals surface area contributed by atoms with Gasteiger partial charge in [-0.2, -0.15) is 5.10 Å². The van der Waals surface area contributed by atoms with E-state index in [1.165, 1.54) is 17.6 Å². The SMILES string of the molecule is Cc1ccc(C)n1-c1ccc(OCc2ccc(C(=O)NN=Cc3ccc(N(C)C)cc3O)o2)cc1. The number of benzene rings is 2. The van der Waals surface area contributed by atoms with Gasteiger partial charge in [-0.3, -0.25) is 4.79 Å². The average molecular weight is 473 g/mol. The first-order valence-corrected chi connectivity index (χ1v) is 11.1. The molecule has 0 aliphatic carbocycles.